The van der Waals surface area contributed by atoms with Crippen LogP contribution in [0, 0.1) is 26.6 Å². The molecule has 0 aliphatic rings. The van der Waals surface area contributed by atoms with Gasteiger partial charge in [0.1, 0.15) is 5.82 Å². The topological polar surface area (TPSA) is 59.9 Å². The van der Waals surface area contributed by atoms with Crippen molar-refractivity contribution in [3.8, 4) is 0 Å². The normalized spacial score (nSPS) is 13.1. The molecule has 0 amide bonds. The predicted octanol–water partition coefficient (Wildman–Crippen LogP) is 4.36. The number of rotatable bonds is 4. The fourth-order valence-corrected chi connectivity index (χ4v) is 3.36. The van der Waals surface area contributed by atoms with E-state index in [2.05, 4.69) is 10.1 Å². The lowest BCUT2D eigenvalue weighted by atomic mass is 10.1. The molecule has 28 heavy (non-hydrogen) atoms. The lowest BCUT2D eigenvalue weighted by Gasteiger charge is -2.21. The molecule has 2 heterocycles. The molecule has 0 aliphatic carbocycles. The number of H-pyrrole nitrogens is 1. The molecule has 0 fully saturated rings. The molecular weight excluding hydrogens is 378 g/mol. The van der Waals surface area contributed by atoms with Crippen LogP contribution in [-0.2, 0) is 23.0 Å². The first-order valence-electron chi connectivity index (χ1n) is 8.52. The Kier molecular flexibility index (Phi) is 4.95. The molecule has 0 spiro atoms. The number of nitrogens with one attached hydrogen (secondary N) is 1. The van der Waals surface area contributed by atoms with Gasteiger partial charge in [-0.3, -0.25) is 9.48 Å². The lowest BCUT2D eigenvalue weighted by molar-refractivity contribution is -0.224. The second-order valence-corrected chi connectivity index (χ2v) is 6.71. The number of aromatic nitrogens is 3. The van der Waals surface area contributed by atoms with E-state index < -0.39 is 30.5 Å². The number of halogens is 4. The second kappa shape index (κ2) is 6.96. The number of esters is 1. The van der Waals surface area contributed by atoms with Crippen molar-refractivity contribution in [2.75, 3.05) is 0 Å². The molecule has 150 valence electrons. The summed E-state index contributed by atoms with van der Waals surface area (Å²) in [4.78, 5) is 15.4. The number of nitrogens with zero attached hydrogens (tertiary/aromatic N) is 2. The highest BCUT2D eigenvalue weighted by molar-refractivity contribution is 5.88. The molecule has 0 bridgehead atoms. The number of aryl methyl sites for hydroxylation is 3. The molecule has 1 N–H and O–H groups in total. The Morgan fingerprint density at radius 1 is 1.29 bits per heavy atom. The summed E-state index contributed by atoms with van der Waals surface area (Å²) < 4.78 is 60.6. The molecule has 1 unspecified atom stereocenters. The molecule has 9 heteroatoms. The third-order valence-electron chi connectivity index (χ3n) is 4.78. The number of carbonyl (C=O) groups excluding carboxylic acids is 1. The zero-order valence-corrected chi connectivity index (χ0v) is 15.7. The molecule has 2 aromatic heterocycles. The number of carbonyl (C=O) groups is 1. The van der Waals surface area contributed by atoms with E-state index in [1.54, 1.807) is 6.92 Å². The first-order valence-corrected chi connectivity index (χ1v) is 8.52. The maximum atomic E-state index is 13.6. The van der Waals surface area contributed by atoms with E-state index >= 15 is 0 Å². The molecular formula is C19H19F4N3O2. The number of fused-ring (bicyclic) bond motifs is 1. The smallest absolute Gasteiger partial charge is 0.429 e. The van der Waals surface area contributed by atoms with Crippen molar-refractivity contribution >= 4 is 16.9 Å². The molecule has 1 atom stereocenters. The van der Waals surface area contributed by atoms with Crippen molar-refractivity contribution in [3.63, 3.8) is 0 Å². The average Bonchev–Trinajstić information content (AvgIpc) is 3.01. The number of aromatic amines is 1. The summed E-state index contributed by atoms with van der Waals surface area (Å²) in [5.41, 5.74) is 1.78. The van der Waals surface area contributed by atoms with Crippen LogP contribution in [0.15, 0.2) is 18.2 Å². The Hall–Kier alpha value is -2.84. The Morgan fingerprint density at radius 2 is 1.96 bits per heavy atom. The van der Waals surface area contributed by atoms with Crippen LogP contribution < -0.4 is 0 Å². The van der Waals surface area contributed by atoms with Gasteiger partial charge in [0.25, 0.3) is 0 Å². The summed E-state index contributed by atoms with van der Waals surface area (Å²) >= 11 is 0. The highest BCUT2D eigenvalue weighted by Gasteiger charge is 2.46. The Bertz CT molecular complexity index is 1050. The van der Waals surface area contributed by atoms with E-state index in [-0.39, 0.29) is 17.0 Å². The number of alkyl halides is 3. The zero-order valence-electron chi connectivity index (χ0n) is 15.7. The first kappa shape index (κ1) is 19.9. The summed E-state index contributed by atoms with van der Waals surface area (Å²) in [6, 6.07) is 4.00. The van der Waals surface area contributed by atoms with Crippen LogP contribution in [0.3, 0.4) is 0 Å². The van der Waals surface area contributed by atoms with Gasteiger partial charge in [-0.05, 0) is 44.5 Å². The summed E-state index contributed by atoms with van der Waals surface area (Å²) in [6.45, 7) is 4.58. The van der Waals surface area contributed by atoms with Crippen LogP contribution in [0.1, 0.15) is 34.3 Å². The molecule has 0 radical (unpaired) electrons. The summed E-state index contributed by atoms with van der Waals surface area (Å²) in [5, 5.41) is 4.41. The van der Waals surface area contributed by atoms with Crippen molar-refractivity contribution in [3.05, 3.63) is 52.2 Å². The summed E-state index contributed by atoms with van der Waals surface area (Å²) in [5.74, 6) is -1.56. The maximum absolute atomic E-state index is 13.6. The molecule has 0 saturated carbocycles. The quantitative estimate of drug-likeness (QED) is 0.526. The molecule has 5 nitrogen and oxygen atoms in total. The Labute approximate surface area is 158 Å². The van der Waals surface area contributed by atoms with Gasteiger partial charge < -0.3 is 9.72 Å². The van der Waals surface area contributed by atoms with Crippen LogP contribution >= 0.6 is 0 Å². The van der Waals surface area contributed by atoms with E-state index in [9.17, 15) is 22.4 Å². The van der Waals surface area contributed by atoms with Gasteiger partial charge in [0.15, 0.2) is 0 Å². The highest BCUT2D eigenvalue weighted by atomic mass is 19.4. The Balaban J connectivity index is 1.92. The number of hydrogen-bond acceptors (Lipinski definition) is 3. The van der Waals surface area contributed by atoms with Gasteiger partial charge in [-0.1, -0.05) is 0 Å². The standard InChI is InChI=1S/C19H19F4N3O2/c1-9-13(14-7-12(20)5-6-15(14)24-9)8-16(27)28-18(19(21,22)23)17-10(2)25-26(4)11(17)3/h5-7,18,24H,8H2,1-4H3. The van der Waals surface area contributed by atoms with Crippen LogP contribution in [0.4, 0.5) is 17.6 Å². The summed E-state index contributed by atoms with van der Waals surface area (Å²) in [7, 11) is 1.52. The zero-order chi connectivity index (χ0) is 20.8. The van der Waals surface area contributed by atoms with Crippen molar-refractivity contribution in [2.24, 2.45) is 7.05 Å². The van der Waals surface area contributed by atoms with Gasteiger partial charge in [0.2, 0.25) is 6.10 Å². The number of hydrogen-bond donors (Lipinski definition) is 1. The van der Waals surface area contributed by atoms with E-state index in [0.717, 1.165) is 0 Å². The third-order valence-corrected chi connectivity index (χ3v) is 4.78. The minimum Gasteiger partial charge on any atom is -0.447 e. The van der Waals surface area contributed by atoms with E-state index in [1.807, 2.05) is 0 Å². The van der Waals surface area contributed by atoms with Gasteiger partial charge in [-0.15, -0.1) is 0 Å². The predicted molar refractivity (Wildman–Crippen MR) is 94.3 cm³/mol. The van der Waals surface area contributed by atoms with Crippen molar-refractivity contribution in [1.29, 1.82) is 0 Å². The van der Waals surface area contributed by atoms with Crippen molar-refractivity contribution in [1.82, 2.24) is 14.8 Å². The van der Waals surface area contributed by atoms with Crippen LogP contribution in [0.2, 0.25) is 0 Å². The lowest BCUT2D eigenvalue weighted by Crippen LogP contribution is -2.28. The van der Waals surface area contributed by atoms with E-state index in [1.165, 1.54) is 43.8 Å². The fraction of sp³-hybridized carbons (Fsp3) is 0.368. The minimum absolute atomic E-state index is 0.139. The monoisotopic (exact) mass is 397 g/mol. The van der Waals surface area contributed by atoms with Gasteiger partial charge >= 0.3 is 12.1 Å². The van der Waals surface area contributed by atoms with Crippen LogP contribution in [0.25, 0.3) is 10.9 Å². The van der Waals surface area contributed by atoms with Gasteiger partial charge in [-0.2, -0.15) is 18.3 Å². The Morgan fingerprint density at radius 3 is 2.54 bits per heavy atom. The molecule has 3 rings (SSSR count). The van der Waals surface area contributed by atoms with Crippen molar-refractivity contribution < 1.29 is 27.1 Å². The largest absolute Gasteiger partial charge is 0.447 e. The maximum Gasteiger partial charge on any atom is 0.429 e. The first-order chi connectivity index (χ1) is 13.0. The SMILES string of the molecule is Cc1nn(C)c(C)c1C(OC(=O)Cc1c(C)[nH]c2ccc(F)cc12)C(F)(F)F. The third kappa shape index (κ3) is 3.61. The summed E-state index contributed by atoms with van der Waals surface area (Å²) in [6.07, 6.45) is -7.63. The molecule has 1 aromatic carbocycles. The second-order valence-electron chi connectivity index (χ2n) is 6.71. The highest BCUT2D eigenvalue weighted by Crippen LogP contribution is 2.39. The molecule has 0 saturated heterocycles. The number of ether oxygens (including phenoxy) is 1. The number of benzene rings is 1. The molecule has 3 aromatic rings. The van der Waals surface area contributed by atoms with E-state index in [0.29, 0.717) is 22.2 Å². The van der Waals surface area contributed by atoms with Gasteiger partial charge in [0, 0.05) is 34.9 Å². The van der Waals surface area contributed by atoms with Gasteiger partial charge in [-0.25, -0.2) is 4.39 Å². The fourth-order valence-electron chi connectivity index (χ4n) is 3.36. The molecule has 0 aliphatic heterocycles. The average molecular weight is 397 g/mol. The van der Waals surface area contributed by atoms with Crippen LogP contribution in [0.5, 0.6) is 0 Å². The van der Waals surface area contributed by atoms with E-state index in [4.69, 9.17) is 4.74 Å². The minimum atomic E-state index is -4.80. The van der Waals surface area contributed by atoms with Crippen molar-refractivity contribution in [2.45, 2.75) is 39.5 Å². The van der Waals surface area contributed by atoms with Gasteiger partial charge in [0.05, 0.1) is 12.1 Å². The van der Waals surface area contributed by atoms with Crippen LogP contribution in [-0.4, -0.2) is 26.9 Å².